The summed E-state index contributed by atoms with van der Waals surface area (Å²) in [6, 6.07) is 5.89. The molecule has 1 aromatic carbocycles. The number of likely N-dealkylation sites (N-methyl/N-ethyl adjacent to an activating group) is 1. The molecule has 3 rings (SSSR count). The van der Waals surface area contributed by atoms with Gasteiger partial charge in [-0.25, -0.2) is 8.42 Å². The molecule has 1 aliphatic rings. The van der Waals surface area contributed by atoms with Crippen LogP contribution in [0.15, 0.2) is 29.2 Å². The Hall–Kier alpha value is -2.27. The van der Waals surface area contributed by atoms with Crippen molar-refractivity contribution in [1.29, 1.82) is 0 Å². The monoisotopic (exact) mass is 478 g/mol. The third kappa shape index (κ3) is 4.73. The minimum atomic E-state index is -3.59. The highest BCUT2D eigenvalue weighted by atomic mass is 32.2. The van der Waals surface area contributed by atoms with E-state index in [1.165, 1.54) is 39.9 Å². The van der Waals surface area contributed by atoms with Crippen LogP contribution in [0, 0.1) is 0 Å². The summed E-state index contributed by atoms with van der Waals surface area (Å²) in [5.74, 6) is -0.601. The zero-order valence-electron chi connectivity index (χ0n) is 18.9. The summed E-state index contributed by atoms with van der Waals surface area (Å²) in [5.41, 5.74) is 1.85. The Bertz CT molecular complexity index is 1090. The van der Waals surface area contributed by atoms with Gasteiger partial charge in [-0.2, -0.15) is 4.31 Å². The number of benzene rings is 1. The normalized spacial score (nSPS) is 14.3. The van der Waals surface area contributed by atoms with E-state index >= 15 is 0 Å². The molecule has 2 amide bonds. The molecule has 32 heavy (non-hydrogen) atoms. The molecule has 10 heteroatoms. The smallest absolute Gasteiger partial charge is 0.256 e. The third-order valence-corrected chi connectivity index (χ3v) is 8.92. The molecular weight excluding hydrogens is 448 g/mol. The maximum Gasteiger partial charge on any atom is 0.256 e. The van der Waals surface area contributed by atoms with Crippen LogP contribution in [0.5, 0.6) is 0 Å². The Morgan fingerprint density at radius 1 is 1.09 bits per heavy atom. The number of hydrogen-bond acceptors (Lipinski definition) is 6. The number of fused-ring (bicyclic) bond motifs is 1. The van der Waals surface area contributed by atoms with Crippen LogP contribution in [0.1, 0.15) is 51.9 Å². The van der Waals surface area contributed by atoms with Gasteiger partial charge in [0, 0.05) is 43.7 Å². The Morgan fingerprint density at radius 2 is 1.75 bits per heavy atom. The zero-order valence-corrected chi connectivity index (χ0v) is 20.5. The predicted octanol–water partition coefficient (Wildman–Crippen LogP) is 2.77. The molecule has 0 atom stereocenters. The molecule has 0 spiro atoms. The van der Waals surface area contributed by atoms with Crippen LogP contribution in [0.3, 0.4) is 0 Å². The summed E-state index contributed by atoms with van der Waals surface area (Å²) in [6.07, 6.45) is 0.760. The molecule has 0 fully saturated rings. The van der Waals surface area contributed by atoms with Gasteiger partial charge < -0.3 is 10.6 Å². The van der Waals surface area contributed by atoms with Crippen LogP contribution in [0.2, 0.25) is 0 Å². The van der Waals surface area contributed by atoms with Crippen LogP contribution < -0.4 is 10.6 Å². The fourth-order valence-electron chi connectivity index (χ4n) is 3.85. The van der Waals surface area contributed by atoms with Crippen molar-refractivity contribution in [3.63, 3.8) is 0 Å². The summed E-state index contributed by atoms with van der Waals surface area (Å²) >= 11 is 1.43. The Balaban J connectivity index is 1.86. The van der Waals surface area contributed by atoms with Crippen LogP contribution in [0.4, 0.5) is 5.00 Å². The van der Waals surface area contributed by atoms with E-state index in [1.807, 2.05) is 0 Å². The van der Waals surface area contributed by atoms with Gasteiger partial charge in [-0.15, -0.1) is 11.3 Å². The van der Waals surface area contributed by atoms with Crippen molar-refractivity contribution >= 4 is 38.2 Å². The van der Waals surface area contributed by atoms with E-state index in [1.54, 1.807) is 20.9 Å². The molecule has 0 bridgehead atoms. The molecule has 1 aliphatic heterocycles. The van der Waals surface area contributed by atoms with Gasteiger partial charge in [-0.05, 0) is 42.8 Å². The molecule has 2 aromatic rings. The highest BCUT2D eigenvalue weighted by Crippen LogP contribution is 2.37. The van der Waals surface area contributed by atoms with E-state index in [2.05, 4.69) is 22.5 Å². The molecule has 1 aromatic heterocycles. The van der Waals surface area contributed by atoms with Gasteiger partial charge in [0.1, 0.15) is 5.00 Å². The largest absolute Gasteiger partial charge is 0.355 e. The van der Waals surface area contributed by atoms with Crippen molar-refractivity contribution in [3.8, 4) is 0 Å². The van der Waals surface area contributed by atoms with Gasteiger partial charge in [-0.3, -0.25) is 14.5 Å². The average Bonchev–Trinajstić information content (AvgIpc) is 3.15. The Labute approximate surface area is 193 Å². The van der Waals surface area contributed by atoms with Crippen LogP contribution >= 0.6 is 11.3 Å². The molecule has 0 saturated carbocycles. The first-order valence-corrected chi connectivity index (χ1v) is 13.0. The minimum Gasteiger partial charge on any atom is -0.355 e. The molecule has 0 radical (unpaired) electrons. The van der Waals surface area contributed by atoms with E-state index in [0.717, 1.165) is 36.5 Å². The van der Waals surface area contributed by atoms with Crippen molar-refractivity contribution in [2.24, 2.45) is 0 Å². The van der Waals surface area contributed by atoms with Gasteiger partial charge in [0.05, 0.1) is 10.5 Å². The number of sulfonamides is 1. The third-order valence-electron chi connectivity index (χ3n) is 5.72. The summed E-state index contributed by atoms with van der Waals surface area (Å²) in [5, 5.41) is 6.07. The molecular formula is C22H30N4O4S2. The van der Waals surface area contributed by atoms with Gasteiger partial charge in [-0.1, -0.05) is 20.8 Å². The second-order valence-corrected chi connectivity index (χ2v) is 10.5. The van der Waals surface area contributed by atoms with Crippen LogP contribution in [0.25, 0.3) is 0 Å². The molecule has 2 heterocycles. The van der Waals surface area contributed by atoms with Crippen molar-refractivity contribution in [3.05, 3.63) is 45.8 Å². The van der Waals surface area contributed by atoms with Crippen molar-refractivity contribution in [2.45, 2.75) is 38.6 Å². The van der Waals surface area contributed by atoms with Crippen molar-refractivity contribution < 1.29 is 18.0 Å². The number of nitrogens with zero attached hydrogens (tertiary/aromatic N) is 2. The standard InChI is InChI=1S/C22H30N4O4S2/c1-5-25-13-12-17-18(14-25)31-22(19(17)21(28)23-4)24-20(27)15-8-10-16(11-9-15)32(29,30)26(6-2)7-3/h8-11H,5-7,12-14H2,1-4H3,(H,23,28)(H,24,27). The molecule has 0 unspecified atom stereocenters. The lowest BCUT2D eigenvalue weighted by Gasteiger charge is -2.25. The molecule has 8 nitrogen and oxygen atoms in total. The quantitative estimate of drug-likeness (QED) is 0.608. The van der Waals surface area contributed by atoms with E-state index in [0.29, 0.717) is 29.2 Å². The topological polar surface area (TPSA) is 98.8 Å². The van der Waals surface area contributed by atoms with E-state index in [9.17, 15) is 18.0 Å². The molecule has 0 saturated heterocycles. The molecule has 0 aliphatic carbocycles. The number of hydrogen-bond donors (Lipinski definition) is 2. The van der Waals surface area contributed by atoms with Crippen molar-refractivity contribution in [2.75, 3.05) is 38.5 Å². The summed E-state index contributed by atoms with van der Waals surface area (Å²) in [7, 11) is -2.01. The molecule has 2 N–H and O–H groups in total. The number of rotatable bonds is 8. The predicted molar refractivity (Wildman–Crippen MR) is 127 cm³/mol. The van der Waals surface area contributed by atoms with Gasteiger partial charge in [0.15, 0.2) is 0 Å². The van der Waals surface area contributed by atoms with Crippen LogP contribution in [-0.4, -0.2) is 62.7 Å². The zero-order chi connectivity index (χ0) is 23.5. The highest BCUT2D eigenvalue weighted by molar-refractivity contribution is 7.89. The van der Waals surface area contributed by atoms with Crippen LogP contribution in [-0.2, 0) is 23.0 Å². The fourth-order valence-corrected chi connectivity index (χ4v) is 6.59. The number of carbonyl (C=O) groups excluding carboxylic acids is 2. The molecule has 174 valence electrons. The maximum absolute atomic E-state index is 12.9. The van der Waals surface area contributed by atoms with E-state index in [-0.39, 0.29) is 16.7 Å². The lowest BCUT2D eigenvalue weighted by Crippen LogP contribution is -2.30. The summed E-state index contributed by atoms with van der Waals surface area (Å²) in [6.45, 7) is 8.99. The van der Waals surface area contributed by atoms with Crippen molar-refractivity contribution in [1.82, 2.24) is 14.5 Å². The lowest BCUT2D eigenvalue weighted by atomic mass is 10.0. The SMILES string of the molecule is CCN1CCc2c(sc(NC(=O)c3ccc(S(=O)(=O)N(CC)CC)cc3)c2C(=O)NC)C1. The number of thiophene rings is 1. The Kier molecular flexibility index (Phi) is 7.71. The maximum atomic E-state index is 12.9. The average molecular weight is 479 g/mol. The first-order chi connectivity index (χ1) is 15.3. The van der Waals surface area contributed by atoms with E-state index < -0.39 is 10.0 Å². The highest BCUT2D eigenvalue weighted by Gasteiger charge is 2.28. The first-order valence-electron chi connectivity index (χ1n) is 10.8. The number of amides is 2. The lowest BCUT2D eigenvalue weighted by molar-refractivity contribution is 0.0962. The van der Waals surface area contributed by atoms with Gasteiger partial charge in [0.25, 0.3) is 11.8 Å². The summed E-state index contributed by atoms with van der Waals surface area (Å²) < 4.78 is 26.7. The second-order valence-electron chi connectivity index (χ2n) is 7.47. The number of carbonyl (C=O) groups is 2. The number of nitrogens with one attached hydrogen (secondary N) is 2. The fraction of sp³-hybridized carbons (Fsp3) is 0.455. The van der Waals surface area contributed by atoms with E-state index in [4.69, 9.17) is 0 Å². The Morgan fingerprint density at radius 3 is 2.31 bits per heavy atom. The van der Waals surface area contributed by atoms with Gasteiger partial charge in [0.2, 0.25) is 10.0 Å². The minimum absolute atomic E-state index is 0.148. The summed E-state index contributed by atoms with van der Waals surface area (Å²) in [4.78, 5) is 29.0. The first kappa shape index (κ1) is 24.4. The van der Waals surface area contributed by atoms with Gasteiger partial charge >= 0.3 is 0 Å². The number of anilines is 1. The second kappa shape index (κ2) is 10.1.